The molecule has 0 aromatic heterocycles. The van der Waals surface area contributed by atoms with E-state index in [1.54, 1.807) is 70.8 Å². The maximum absolute atomic E-state index is 14.8. The number of aliphatic carboxylic acids is 1. The molecule has 0 spiro atoms. The van der Waals surface area contributed by atoms with Crippen LogP contribution in [-0.2, 0) is 59.0 Å². The summed E-state index contributed by atoms with van der Waals surface area (Å²) >= 11 is 0. The quantitative estimate of drug-likeness (QED) is 0.128. The zero-order valence-corrected chi connectivity index (χ0v) is 44.1. The van der Waals surface area contributed by atoms with Gasteiger partial charge in [-0.1, -0.05) is 85.2 Å². The highest BCUT2D eigenvalue weighted by molar-refractivity contribution is 6.33. The first-order valence-electron chi connectivity index (χ1n) is 25.0. The molecule has 2 aromatic carbocycles. The van der Waals surface area contributed by atoms with Crippen molar-refractivity contribution in [2.45, 2.75) is 123 Å². The van der Waals surface area contributed by atoms with Gasteiger partial charge in [0.25, 0.3) is 29.5 Å². The molecule has 3 aliphatic heterocycles. The van der Waals surface area contributed by atoms with Crippen molar-refractivity contribution in [1.82, 2.24) is 25.3 Å². The van der Waals surface area contributed by atoms with Gasteiger partial charge in [0.15, 0.2) is 0 Å². The van der Waals surface area contributed by atoms with E-state index in [9.17, 15) is 53.1 Å². The summed E-state index contributed by atoms with van der Waals surface area (Å²) in [5, 5.41) is 15.5. The predicted molar refractivity (Wildman–Crippen MR) is 273 cm³/mol. The van der Waals surface area contributed by atoms with Crippen LogP contribution in [0.25, 0.3) is 0 Å². The second kappa shape index (κ2) is 25.3. The molecule has 0 aliphatic carbocycles. The molecule has 400 valence electrons. The van der Waals surface area contributed by atoms with E-state index < -0.39 is 113 Å². The van der Waals surface area contributed by atoms with Gasteiger partial charge in [-0.15, -0.1) is 0 Å². The number of rotatable bonds is 24. The Morgan fingerprint density at radius 2 is 1.32 bits per heavy atom. The van der Waals surface area contributed by atoms with Crippen LogP contribution in [0.15, 0.2) is 72.8 Å². The van der Waals surface area contributed by atoms with Gasteiger partial charge >= 0.3 is 5.97 Å². The summed E-state index contributed by atoms with van der Waals surface area (Å²) in [6.45, 7) is 12.9. The molecule has 3 N–H and O–H groups in total. The molecule has 2 aromatic rings. The Labute approximate surface area is 432 Å². The summed E-state index contributed by atoms with van der Waals surface area (Å²) < 4.78 is 11.9. The highest BCUT2D eigenvalue weighted by Gasteiger charge is 2.44. The summed E-state index contributed by atoms with van der Waals surface area (Å²) in [6, 6.07) is 8.10. The van der Waals surface area contributed by atoms with Gasteiger partial charge < -0.3 is 39.9 Å². The highest BCUT2D eigenvalue weighted by atomic mass is 16.5. The molecule has 1 unspecified atom stereocenters. The van der Waals surface area contributed by atoms with Gasteiger partial charge in [-0.3, -0.25) is 43.2 Å². The Balaban J connectivity index is 1.32. The van der Waals surface area contributed by atoms with Crippen LogP contribution in [-0.4, -0.2) is 156 Å². The van der Waals surface area contributed by atoms with Crippen molar-refractivity contribution >= 4 is 70.5 Å². The molecule has 9 amide bonds. The number of methoxy groups -OCH3 is 2. The van der Waals surface area contributed by atoms with Crippen molar-refractivity contribution < 1.29 is 62.5 Å². The summed E-state index contributed by atoms with van der Waals surface area (Å²) in [5.41, 5.74) is 0.373. The summed E-state index contributed by atoms with van der Waals surface area (Å²) in [5.74, 6) is -8.79. The smallest absolute Gasteiger partial charge is 0.326 e. The summed E-state index contributed by atoms with van der Waals surface area (Å²) in [4.78, 5) is 141. The minimum atomic E-state index is -1.19. The zero-order chi connectivity index (χ0) is 54.9. The van der Waals surface area contributed by atoms with Crippen LogP contribution in [0.3, 0.4) is 0 Å². The number of carbonyl (C=O) groups is 10. The molecule has 5 rings (SSSR count). The van der Waals surface area contributed by atoms with E-state index in [0.29, 0.717) is 25.8 Å². The normalized spacial score (nSPS) is 18.8. The molecule has 1 fully saturated rings. The van der Waals surface area contributed by atoms with E-state index in [4.69, 9.17) is 9.47 Å². The third-order valence-corrected chi connectivity index (χ3v) is 14.3. The number of imide groups is 2. The SMILES string of the molecule is CC[C@H](C)[C@@H]([C@@H](CC(=O)N1CCC[C@H]1[C@H](OC)[C@@H](C)C(=O)NC(Cc1ccccc1)C(=O)O)OC)N(C)C(=O)[C@@H](NC(=O)[C@H](C(C)C)N(C)C(=O)c1ccc(N2C(=O)C=CC2=O)c(N2C(=O)C=CC2=O)c1)C(C)C. The number of anilines is 2. The molecule has 1 saturated heterocycles. The molecule has 3 heterocycles. The lowest BCUT2D eigenvalue weighted by molar-refractivity contribution is -0.148. The fourth-order valence-electron chi connectivity index (χ4n) is 10.2. The van der Waals surface area contributed by atoms with Crippen LogP contribution in [0.1, 0.15) is 90.1 Å². The Bertz CT molecular complexity index is 2490. The van der Waals surface area contributed by atoms with Crippen molar-refractivity contribution in [1.29, 1.82) is 0 Å². The number of carboxylic acids is 1. The van der Waals surface area contributed by atoms with Crippen LogP contribution < -0.4 is 20.4 Å². The topological polar surface area (TPSA) is 250 Å². The third kappa shape index (κ3) is 12.8. The number of likely N-dealkylation sites (N-methyl/N-ethyl adjacent to an activating group) is 2. The molecular formula is C54H71N7O13. The molecule has 0 radical (unpaired) electrons. The van der Waals surface area contributed by atoms with Crippen molar-refractivity contribution in [3.63, 3.8) is 0 Å². The Kier molecular flexibility index (Phi) is 19.7. The molecule has 20 heteroatoms. The minimum absolute atomic E-state index is 0.0709. The first-order chi connectivity index (χ1) is 35.0. The fourth-order valence-corrected chi connectivity index (χ4v) is 10.2. The first-order valence-corrected chi connectivity index (χ1v) is 25.0. The maximum atomic E-state index is 14.8. The van der Waals surface area contributed by atoms with Crippen molar-refractivity contribution in [2.75, 3.05) is 44.7 Å². The molecule has 0 saturated carbocycles. The van der Waals surface area contributed by atoms with Crippen LogP contribution in [0, 0.1) is 23.7 Å². The standard InChI is InChI=1S/C54H71N7O13/c1-12-32(6)48(40(73-10)29-45(66)59-26-16-19-38(59)49(74-11)33(7)50(67)55-36(54(71)72)27-34-17-14-13-15-18-34)58(9)53(70)46(30(2)3)56-51(68)47(31(4)5)57(8)52(69)35-20-21-37(60-41(62)22-23-42(60)63)39(28-35)61-43(64)24-25-44(61)65/h13-15,17-18,20-25,28,30-33,36,38,40,46-49H,12,16,19,26-27,29H2,1-11H3,(H,55,67)(H,56,68)(H,71,72)/t32-,33+,36?,38-,40+,46-,47-,48-,49+/m0/s1. The van der Waals surface area contributed by atoms with Gasteiger partial charge in [0.1, 0.15) is 18.1 Å². The van der Waals surface area contributed by atoms with Gasteiger partial charge in [0.2, 0.25) is 23.6 Å². The monoisotopic (exact) mass is 1030 g/mol. The Morgan fingerprint density at radius 3 is 1.84 bits per heavy atom. The van der Waals surface area contributed by atoms with E-state index in [1.807, 2.05) is 19.9 Å². The van der Waals surface area contributed by atoms with Crippen molar-refractivity contribution in [3.8, 4) is 0 Å². The lowest BCUT2D eigenvalue weighted by atomic mass is 9.89. The van der Waals surface area contributed by atoms with Gasteiger partial charge in [0, 0.05) is 71.1 Å². The zero-order valence-electron chi connectivity index (χ0n) is 44.1. The van der Waals surface area contributed by atoms with E-state index >= 15 is 0 Å². The lowest BCUT2D eigenvalue weighted by Gasteiger charge is -2.41. The van der Waals surface area contributed by atoms with Gasteiger partial charge in [-0.25, -0.2) is 14.6 Å². The number of nitrogens with one attached hydrogen (secondary N) is 2. The fraction of sp³-hybridized carbons (Fsp3) is 0.519. The van der Waals surface area contributed by atoms with E-state index in [1.165, 1.54) is 49.3 Å². The number of hydrogen-bond donors (Lipinski definition) is 3. The number of amides is 9. The number of likely N-dealkylation sites (tertiary alicyclic amines) is 1. The van der Waals surface area contributed by atoms with Crippen molar-refractivity contribution in [2.24, 2.45) is 23.7 Å². The molecule has 20 nitrogen and oxygen atoms in total. The van der Waals surface area contributed by atoms with Crippen LogP contribution in [0.2, 0.25) is 0 Å². The second-order valence-corrected chi connectivity index (χ2v) is 19.9. The number of carboxylic acid groups (broad SMARTS) is 1. The number of benzene rings is 2. The number of nitrogens with zero attached hydrogens (tertiary/aromatic N) is 5. The van der Waals surface area contributed by atoms with Gasteiger partial charge in [-0.05, 0) is 54.4 Å². The molecule has 9 atom stereocenters. The van der Waals surface area contributed by atoms with Crippen LogP contribution in [0.4, 0.5) is 11.4 Å². The first kappa shape index (κ1) is 57.8. The van der Waals surface area contributed by atoms with Gasteiger partial charge in [-0.2, -0.15) is 0 Å². The number of carbonyl (C=O) groups excluding carboxylic acids is 9. The highest BCUT2D eigenvalue weighted by Crippen LogP contribution is 2.36. The van der Waals surface area contributed by atoms with E-state index in [-0.39, 0.29) is 41.6 Å². The average Bonchev–Trinajstić information content (AvgIpc) is 4.08. The van der Waals surface area contributed by atoms with Crippen LogP contribution >= 0.6 is 0 Å². The van der Waals surface area contributed by atoms with Crippen LogP contribution in [0.5, 0.6) is 0 Å². The maximum Gasteiger partial charge on any atom is 0.326 e. The summed E-state index contributed by atoms with van der Waals surface area (Å²) in [6.07, 6.45) is 4.20. The molecule has 0 bridgehead atoms. The Morgan fingerprint density at radius 1 is 0.743 bits per heavy atom. The average molecular weight is 1030 g/mol. The largest absolute Gasteiger partial charge is 0.480 e. The molecular weight excluding hydrogens is 955 g/mol. The molecule has 74 heavy (non-hydrogen) atoms. The summed E-state index contributed by atoms with van der Waals surface area (Å²) in [7, 11) is 5.92. The Hall–Kier alpha value is -7.06. The van der Waals surface area contributed by atoms with E-state index in [2.05, 4.69) is 10.6 Å². The molecule has 3 aliphatic rings. The minimum Gasteiger partial charge on any atom is -0.480 e. The number of ether oxygens (including phenoxy) is 2. The number of hydrogen-bond acceptors (Lipinski definition) is 12. The third-order valence-electron chi connectivity index (χ3n) is 14.3. The predicted octanol–water partition coefficient (Wildman–Crippen LogP) is 3.52. The van der Waals surface area contributed by atoms with Crippen molar-refractivity contribution in [3.05, 3.63) is 84.0 Å². The van der Waals surface area contributed by atoms with E-state index in [0.717, 1.165) is 39.7 Å². The van der Waals surface area contributed by atoms with Gasteiger partial charge in [0.05, 0.1) is 48.0 Å². The lowest BCUT2D eigenvalue weighted by Crippen LogP contribution is -2.60. The second-order valence-electron chi connectivity index (χ2n) is 19.9.